The zero-order chi connectivity index (χ0) is 13.1. The summed E-state index contributed by atoms with van der Waals surface area (Å²) in [7, 11) is 0. The second kappa shape index (κ2) is 3.54. The van der Waals surface area contributed by atoms with Crippen LogP contribution < -0.4 is 0 Å². The molecule has 0 spiro atoms. The van der Waals surface area contributed by atoms with Crippen LogP contribution in [0.2, 0.25) is 0 Å². The lowest BCUT2D eigenvalue weighted by Crippen LogP contribution is -1.90. The van der Waals surface area contributed by atoms with Gasteiger partial charge in [-0.25, -0.2) is 0 Å². The molecule has 0 fully saturated rings. The highest BCUT2D eigenvalue weighted by molar-refractivity contribution is 6.10. The number of aromatic amines is 1. The van der Waals surface area contributed by atoms with E-state index in [-0.39, 0.29) is 0 Å². The van der Waals surface area contributed by atoms with Crippen LogP contribution in [0, 0.1) is 0 Å². The number of para-hydroxylation sites is 1. The van der Waals surface area contributed by atoms with E-state index in [4.69, 9.17) is 4.42 Å². The van der Waals surface area contributed by atoms with Crippen molar-refractivity contribution in [2.75, 3.05) is 0 Å². The quantitative estimate of drug-likeness (QED) is 0.471. The number of benzene rings is 2. The van der Waals surface area contributed by atoms with E-state index in [0.29, 0.717) is 0 Å². The maximum atomic E-state index is 5.98. The number of rotatable bonds is 0. The smallest absolute Gasteiger partial charge is 0.136 e. The monoisotopic (exact) mass is 259 g/mol. The molecule has 0 atom stereocenters. The van der Waals surface area contributed by atoms with Crippen molar-refractivity contribution in [1.82, 2.24) is 4.98 Å². The fourth-order valence-corrected chi connectivity index (χ4v) is 3.31. The zero-order valence-corrected chi connectivity index (χ0v) is 10.9. The van der Waals surface area contributed by atoms with E-state index in [1.165, 1.54) is 32.9 Å². The molecule has 0 saturated carbocycles. The van der Waals surface area contributed by atoms with Crippen molar-refractivity contribution >= 4 is 38.9 Å². The van der Waals surface area contributed by atoms with Crippen molar-refractivity contribution in [3.8, 4) is 0 Å². The van der Waals surface area contributed by atoms with E-state index in [2.05, 4.69) is 41.4 Å². The van der Waals surface area contributed by atoms with Gasteiger partial charge < -0.3 is 9.40 Å². The van der Waals surface area contributed by atoms with E-state index in [0.717, 1.165) is 24.0 Å². The van der Waals surface area contributed by atoms with Gasteiger partial charge in [-0.15, -0.1) is 0 Å². The van der Waals surface area contributed by atoms with Crippen molar-refractivity contribution in [2.24, 2.45) is 0 Å². The highest BCUT2D eigenvalue weighted by Gasteiger charge is 2.14. The Balaban J connectivity index is 1.96. The summed E-state index contributed by atoms with van der Waals surface area (Å²) < 4.78 is 5.98. The number of nitrogens with one attached hydrogen (secondary N) is 1. The first-order valence-electron chi connectivity index (χ1n) is 7.02. The molecule has 1 aliphatic rings. The van der Waals surface area contributed by atoms with Gasteiger partial charge in [0.05, 0.1) is 0 Å². The predicted octanol–water partition coefficient (Wildman–Crippen LogP) is 5.03. The predicted molar refractivity (Wildman–Crippen MR) is 82.9 cm³/mol. The molecule has 5 rings (SSSR count). The van der Waals surface area contributed by atoms with Crippen molar-refractivity contribution in [3.63, 3.8) is 0 Å². The van der Waals surface area contributed by atoms with Crippen LogP contribution in [0.15, 0.2) is 46.9 Å². The first kappa shape index (κ1) is 10.3. The largest absolute Gasteiger partial charge is 0.456 e. The molecule has 0 bridgehead atoms. The fourth-order valence-electron chi connectivity index (χ4n) is 3.31. The molecule has 96 valence electrons. The number of fused-ring (bicyclic) bond motifs is 6. The van der Waals surface area contributed by atoms with Crippen molar-refractivity contribution in [2.45, 2.75) is 12.8 Å². The Kier molecular flexibility index (Phi) is 1.83. The van der Waals surface area contributed by atoms with Gasteiger partial charge in [0, 0.05) is 32.9 Å². The lowest BCUT2D eigenvalue weighted by Gasteiger charge is -2.03. The Morgan fingerprint density at radius 2 is 1.90 bits per heavy atom. The summed E-state index contributed by atoms with van der Waals surface area (Å²) in [5, 5.41) is 3.64. The molecular weight excluding hydrogens is 246 g/mol. The lowest BCUT2D eigenvalue weighted by atomic mass is 10.0. The third kappa shape index (κ3) is 1.23. The second-order valence-corrected chi connectivity index (χ2v) is 5.45. The summed E-state index contributed by atoms with van der Waals surface area (Å²) in [4.78, 5) is 3.57. The molecule has 0 amide bonds. The summed E-state index contributed by atoms with van der Waals surface area (Å²) in [6, 6.07) is 12.6. The van der Waals surface area contributed by atoms with E-state index >= 15 is 0 Å². The number of hydrogen-bond donors (Lipinski definition) is 1. The lowest BCUT2D eigenvalue weighted by molar-refractivity contribution is 0.669. The molecule has 20 heavy (non-hydrogen) atoms. The van der Waals surface area contributed by atoms with Gasteiger partial charge in [0.2, 0.25) is 0 Å². The highest BCUT2D eigenvalue weighted by Crippen LogP contribution is 2.35. The Hall–Kier alpha value is -2.48. The van der Waals surface area contributed by atoms with E-state index in [9.17, 15) is 0 Å². The van der Waals surface area contributed by atoms with E-state index in [1.54, 1.807) is 0 Å². The number of H-pyrrole nitrogens is 1. The third-order valence-electron chi connectivity index (χ3n) is 4.26. The SMILES string of the molecule is C1=Cc2c([nH]c3cc4c(cc23)oc2ccccc24)CC1. The van der Waals surface area contributed by atoms with Gasteiger partial charge >= 0.3 is 0 Å². The molecule has 2 heterocycles. The summed E-state index contributed by atoms with van der Waals surface area (Å²) in [6.45, 7) is 0. The van der Waals surface area contributed by atoms with Gasteiger partial charge in [0.1, 0.15) is 11.2 Å². The Labute approximate surface area is 115 Å². The van der Waals surface area contributed by atoms with Crippen LogP contribution in [0.3, 0.4) is 0 Å². The molecule has 2 aromatic carbocycles. The van der Waals surface area contributed by atoms with Gasteiger partial charge in [0.15, 0.2) is 0 Å². The van der Waals surface area contributed by atoms with Gasteiger partial charge in [-0.05, 0) is 31.0 Å². The Morgan fingerprint density at radius 1 is 0.950 bits per heavy atom. The number of furan rings is 1. The first-order valence-corrected chi connectivity index (χ1v) is 7.02. The van der Waals surface area contributed by atoms with Gasteiger partial charge in [0.25, 0.3) is 0 Å². The van der Waals surface area contributed by atoms with Gasteiger partial charge in [-0.3, -0.25) is 0 Å². The summed E-state index contributed by atoms with van der Waals surface area (Å²) >= 11 is 0. The van der Waals surface area contributed by atoms with Crippen molar-refractivity contribution in [3.05, 3.63) is 53.7 Å². The summed E-state index contributed by atoms with van der Waals surface area (Å²) in [5.74, 6) is 0. The molecule has 1 N–H and O–H groups in total. The fraction of sp³-hybridized carbons (Fsp3) is 0.111. The van der Waals surface area contributed by atoms with Crippen LogP contribution in [0.1, 0.15) is 17.7 Å². The normalized spacial score (nSPS) is 14.4. The maximum absolute atomic E-state index is 5.98. The zero-order valence-electron chi connectivity index (χ0n) is 10.9. The number of hydrogen-bond acceptors (Lipinski definition) is 1. The molecule has 0 radical (unpaired) electrons. The number of allylic oxidation sites excluding steroid dienone is 1. The van der Waals surface area contributed by atoms with Gasteiger partial charge in [-0.2, -0.15) is 0 Å². The van der Waals surface area contributed by atoms with E-state index < -0.39 is 0 Å². The standard InChI is InChI=1S/C18H13NO/c1-3-7-15-11(5-1)13-10-18-14(9-16(13)19-15)12-6-2-4-8-17(12)20-18/h1-2,4-6,8-10,19H,3,7H2. The van der Waals surface area contributed by atoms with Crippen LogP contribution in [-0.4, -0.2) is 4.98 Å². The van der Waals surface area contributed by atoms with Crippen molar-refractivity contribution in [1.29, 1.82) is 0 Å². The van der Waals surface area contributed by atoms with Crippen LogP contribution in [-0.2, 0) is 6.42 Å². The van der Waals surface area contributed by atoms with Crippen molar-refractivity contribution < 1.29 is 4.42 Å². The average Bonchev–Trinajstić information content (AvgIpc) is 3.02. The minimum absolute atomic E-state index is 0.958. The molecule has 0 aliphatic heterocycles. The molecule has 2 heteroatoms. The second-order valence-electron chi connectivity index (χ2n) is 5.45. The molecule has 4 aromatic rings. The Bertz CT molecular complexity index is 1000. The molecule has 0 saturated heterocycles. The minimum atomic E-state index is 0.958. The highest BCUT2D eigenvalue weighted by atomic mass is 16.3. The molecule has 2 nitrogen and oxygen atoms in total. The third-order valence-corrected chi connectivity index (χ3v) is 4.26. The average molecular weight is 259 g/mol. The van der Waals surface area contributed by atoms with Gasteiger partial charge in [-0.1, -0.05) is 30.4 Å². The maximum Gasteiger partial charge on any atom is 0.136 e. The van der Waals surface area contributed by atoms with Crippen LogP contribution >= 0.6 is 0 Å². The topological polar surface area (TPSA) is 28.9 Å². The molecular formula is C18H13NO. The minimum Gasteiger partial charge on any atom is -0.456 e. The van der Waals surface area contributed by atoms with Crippen LogP contribution in [0.4, 0.5) is 0 Å². The number of aryl methyl sites for hydroxylation is 1. The van der Waals surface area contributed by atoms with Crippen LogP contribution in [0.25, 0.3) is 38.9 Å². The first-order chi connectivity index (χ1) is 9.90. The molecule has 0 unspecified atom stereocenters. The molecule has 2 aromatic heterocycles. The summed E-state index contributed by atoms with van der Waals surface area (Å²) in [5.41, 5.74) is 5.81. The summed E-state index contributed by atoms with van der Waals surface area (Å²) in [6.07, 6.45) is 6.70. The Morgan fingerprint density at radius 3 is 2.90 bits per heavy atom. The van der Waals surface area contributed by atoms with Crippen LogP contribution in [0.5, 0.6) is 0 Å². The number of aromatic nitrogens is 1. The van der Waals surface area contributed by atoms with E-state index in [1.807, 2.05) is 12.1 Å². The molecule has 1 aliphatic carbocycles.